The van der Waals surface area contributed by atoms with Crippen molar-refractivity contribution in [2.75, 3.05) is 6.26 Å². The first kappa shape index (κ1) is 22.8. The molecule has 0 spiro atoms. The number of alkyl halides is 5. The van der Waals surface area contributed by atoms with Gasteiger partial charge >= 0.3 is 10.8 Å². The molecule has 6 nitrogen and oxygen atoms in total. The minimum atomic E-state index is -6.96. The van der Waals surface area contributed by atoms with Gasteiger partial charge in [-0.1, -0.05) is 13.8 Å². The summed E-state index contributed by atoms with van der Waals surface area (Å²) in [7, 11) is -19.1. The van der Waals surface area contributed by atoms with Crippen molar-refractivity contribution in [1.29, 1.82) is 0 Å². The van der Waals surface area contributed by atoms with E-state index in [2.05, 4.69) is 0 Å². The van der Waals surface area contributed by atoms with E-state index in [1.54, 1.807) is 13.8 Å². The molecule has 0 aromatic rings. The fourth-order valence-corrected chi connectivity index (χ4v) is 12.0. The molecule has 2 bridgehead atoms. The van der Waals surface area contributed by atoms with Crippen molar-refractivity contribution in [2.24, 2.45) is 29.6 Å². The van der Waals surface area contributed by atoms with Crippen molar-refractivity contribution < 1.29 is 47.2 Å². The molecule has 0 aromatic heterocycles. The van der Waals surface area contributed by atoms with E-state index in [1.807, 2.05) is 0 Å². The fourth-order valence-electron chi connectivity index (χ4n) is 4.40. The molecule has 0 radical (unpaired) electrons. The highest BCUT2D eigenvalue weighted by Crippen LogP contribution is 2.60. The minimum Gasteiger partial charge on any atom is -0.227 e. The average molecular weight is 462 g/mol. The monoisotopic (exact) mass is 462 g/mol. The first-order valence-electron chi connectivity index (χ1n) is 7.88. The normalized spacial score (nSPS) is 34.0. The van der Waals surface area contributed by atoms with Crippen LogP contribution in [-0.4, -0.2) is 46.2 Å². The summed E-state index contributed by atoms with van der Waals surface area (Å²) in [6.07, 6.45) is -0.224. The van der Waals surface area contributed by atoms with E-state index < -0.39 is 56.0 Å². The van der Waals surface area contributed by atoms with Gasteiger partial charge in [0, 0.05) is 12.2 Å². The van der Waals surface area contributed by atoms with Crippen LogP contribution in [0.15, 0.2) is 0 Å². The Bertz CT molecular complexity index is 920. The molecular formula is C13H19F5O6S3. The molecule has 2 fully saturated rings. The predicted molar refractivity (Wildman–Crippen MR) is 85.5 cm³/mol. The van der Waals surface area contributed by atoms with Crippen LogP contribution in [0.2, 0.25) is 0 Å². The number of rotatable bonds is 5. The Labute approximate surface area is 154 Å². The molecule has 0 aromatic carbocycles. The van der Waals surface area contributed by atoms with E-state index in [-0.39, 0.29) is 36.9 Å². The Morgan fingerprint density at radius 1 is 0.815 bits per heavy atom. The summed E-state index contributed by atoms with van der Waals surface area (Å²) in [6, 6.07) is 0. The lowest BCUT2D eigenvalue weighted by Crippen LogP contribution is -2.53. The van der Waals surface area contributed by atoms with Crippen LogP contribution in [0, 0.1) is 29.6 Å². The molecule has 2 aliphatic rings. The van der Waals surface area contributed by atoms with Crippen molar-refractivity contribution in [3.05, 3.63) is 0 Å². The molecule has 0 aliphatic heterocycles. The highest BCUT2D eigenvalue weighted by Gasteiger charge is 2.70. The number of hydrogen-bond donors (Lipinski definition) is 0. The Balaban J connectivity index is 2.60. The van der Waals surface area contributed by atoms with E-state index in [1.165, 1.54) is 0 Å². The summed E-state index contributed by atoms with van der Waals surface area (Å²) in [5.74, 6) is -3.44. The summed E-state index contributed by atoms with van der Waals surface area (Å²) in [4.78, 5) is 0. The topological polar surface area (TPSA) is 102 Å². The zero-order chi connectivity index (χ0) is 21.4. The molecular weight excluding hydrogens is 443 g/mol. The lowest BCUT2D eigenvalue weighted by Gasteiger charge is -2.36. The number of hydrogen-bond acceptors (Lipinski definition) is 6. The third-order valence-corrected chi connectivity index (χ3v) is 14.4. The van der Waals surface area contributed by atoms with Gasteiger partial charge in [0.05, 0.1) is 0 Å². The zero-order valence-electron chi connectivity index (χ0n) is 14.4. The van der Waals surface area contributed by atoms with Crippen LogP contribution in [0.3, 0.4) is 0 Å². The quantitative estimate of drug-likeness (QED) is 0.581. The van der Waals surface area contributed by atoms with Gasteiger partial charge in [-0.3, -0.25) is 0 Å². The second-order valence-corrected chi connectivity index (χ2v) is 14.6. The molecule has 0 heterocycles. The highest BCUT2D eigenvalue weighted by molar-refractivity contribution is 8.24. The molecule has 2 saturated carbocycles. The van der Waals surface area contributed by atoms with E-state index >= 15 is 0 Å². The third-order valence-electron chi connectivity index (χ3n) is 5.89. The van der Waals surface area contributed by atoms with Crippen LogP contribution < -0.4 is 0 Å². The van der Waals surface area contributed by atoms with Gasteiger partial charge in [0.2, 0.25) is 9.84 Å². The van der Waals surface area contributed by atoms with Gasteiger partial charge in [-0.15, -0.1) is 0 Å². The van der Waals surface area contributed by atoms with Crippen molar-refractivity contribution in [1.82, 2.24) is 0 Å². The Morgan fingerprint density at radius 2 is 1.30 bits per heavy atom. The van der Waals surface area contributed by atoms with Crippen molar-refractivity contribution >= 4 is 29.5 Å². The van der Waals surface area contributed by atoms with Crippen LogP contribution in [0.4, 0.5) is 22.0 Å². The second kappa shape index (κ2) is 6.25. The first-order valence-corrected chi connectivity index (χ1v) is 12.9. The fraction of sp³-hybridized carbons (Fsp3) is 1.00. The van der Waals surface area contributed by atoms with Gasteiger partial charge in [0.25, 0.3) is 13.8 Å². The number of sulfone groups is 3. The van der Waals surface area contributed by atoms with Crippen molar-refractivity contribution in [3.63, 3.8) is 0 Å². The Hall–Kier alpha value is -0.500. The summed E-state index contributed by atoms with van der Waals surface area (Å²) in [5, 5.41) is -4.94. The molecule has 160 valence electrons. The van der Waals surface area contributed by atoms with E-state index in [9.17, 15) is 47.2 Å². The van der Waals surface area contributed by atoms with Gasteiger partial charge in [0.1, 0.15) is 0 Å². The van der Waals surface area contributed by atoms with Gasteiger partial charge in [0.15, 0.2) is 9.84 Å². The first-order chi connectivity index (χ1) is 11.8. The smallest absolute Gasteiger partial charge is 0.227 e. The van der Waals surface area contributed by atoms with Crippen LogP contribution in [0.1, 0.15) is 26.7 Å². The molecule has 0 saturated heterocycles. The van der Waals surface area contributed by atoms with Crippen LogP contribution in [0.5, 0.6) is 0 Å². The molecule has 0 amide bonds. The predicted octanol–water partition coefficient (Wildman–Crippen LogP) is 2.19. The van der Waals surface area contributed by atoms with E-state index in [0.29, 0.717) is 0 Å². The van der Waals surface area contributed by atoms with Gasteiger partial charge in [-0.25, -0.2) is 25.3 Å². The SMILES string of the molecule is CC1C2CC(C1C)C(C(F)(F)S(=O)(=O)C(S(C)(=O)=O)S(=O)(=O)C(F)(F)F)C2. The lowest BCUT2D eigenvalue weighted by atomic mass is 9.76. The standard InChI is InChI=1S/C13H19F5O6S3/c1-6-7(2)9-4-8(6)5-10(9)12(14,15)26(21,22)11(25(3,19)20)27(23,24)13(16,17)18/h6-11H,4-5H2,1-3H3. The lowest BCUT2D eigenvalue weighted by molar-refractivity contribution is -0.0437. The van der Waals surface area contributed by atoms with Crippen molar-refractivity contribution in [3.8, 4) is 0 Å². The van der Waals surface area contributed by atoms with E-state index in [4.69, 9.17) is 0 Å². The summed E-state index contributed by atoms with van der Waals surface area (Å²) >= 11 is 0. The van der Waals surface area contributed by atoms with Gasteiger partial charge in [-0.2, -0.15) is 22.0 Å². The maximum atomic E-state index is 14.9. The molecule has 27 heavy (non-hydrogen) atoms. The third kappa shape index (κ3) is 3.28. The molecule has 2 aliphatic carbocycles. The maximum Gasteiger partial charge on any atom is 0.499 e. The molecule has 6 unspecified atom stereocenters. The van der Waals surface area contributed by atoms with Gasteiger partial charge in [-0.05, 0) is 36.5 Å². The Kier molecular flexibility index (Phi) is 5.27. The largest absolute Gasteiger partial charge is 0.499 e. The minimum absolute atomic E-state index is 0.00522. The second-order valence-electron chi connectivity index (χ2n) is 7.44. The van der Waals surface area contributed by atoms with Crippen molar-refractivity contribution in [2.45, 2.75) is 41.4 Å². The summed E-state index contributed by atoms with van der Waals surface area (Å²) in [5.41, 5.74) is -6.33. The number of fused-ring (bicyclic) bond motifs is 2. The number of halogens is 5. The van der Waals surface area contributed by atoms with Crippen LogP contribution in [0.25, 0.3) is 0 Å². The van der Waals surface area contributed by atoms with Crippen LogP contribution >= 0.6 is 0 Å². The average Bonchev–Trinajstić information content (AvgIpc) is 2.96. The van der Waals surface area contributed by atoms with E-state index in [0.717, 1.165) is 0 Å². The summed E-state index contributed by atoms with van der Waals surface area (Å²) < 4.78 is 135. The zero-order valence-corrected chi connectivity index (χ0v) is 16.9. The Morgan fingerprint density at radius 3 is 1.63 bits per heavy atom. The summed E-state index contributed by atoms with van der Waals surface area (Å²) in [6.45, 7) is 3.39. The molecule has 2 rings (SSSR count). The molecule has 0 N–H and O–H groups in total. The highest BCUT2D eigenvalue weighted by atomic mass is 32.3. The van der Waals surface area contributed by atoms with Gasteiger partial charge < -0.3 is 0 Å². The maximum absolute atomic E-state index is 14.9. The molecule has 6 atom stereocenters. The van der Waals surface area contributed by atoms with Crippen LogP contribution in [-0.2, 0) is 29.5 Å². The molecule has 14 heteroatoms.